The first-order valence-corrected chi connectivity index (χ1v) is 21.5. The number of hydrogen-bond donors (Lipinski definition) is 0. The Bertz CT molecular complexity index is 2680. The van der Waals surface area contributed by atoms with Crippen LogP contribution in [0.15, 0.2) is 217 Å². The van der Waals surface area contributed by atoms with Gasteiger partial charge in [0.1, 0.15) is 5.82 Å². The number of nitrogens with zero attached hydrogens (tertiary/aromatic N) is 5. The summed E-state index contributed by atoms with van der Waals surface area (Å²) in [6.45, 7) is 5.49. The number of benzene rings is 7. The Kier molecular flexibility index (Phi) is 12.4. The van der Waals surface area contributed by atoms with Gasteiger partial charge in [-0.25, -0.2) is 9.99 Å². The predicted octanol–water partition coefficient (Wildman–Crippen LogP) is 13.3. The van der Waals surface area contributed by atoms with Crippen molar-refractivity contribution in [1.82, 2.24) is 4.98 Å². The third-order valence-corrected chi connectivity index (χ3v) is 11.5. The Balaban J connectivity index is 0.946. The predicted molar refractivity (Wildman–Crippen MR) is 261 cm³/mol. The summed E-state index contributed by atoms with van der Waals surface area (Å²) in [5.41, 5.74) is 13.0. The summed E-state index contributed by atoms with van der Waals surface area (Å²) in [5.74, 6) is 0.855. The number of anilines is 3. The van der Waals surface area contributed by atoms with Gasteiger partial charge in [0.25, 0.3) is 0 Å². The van der Waals surface area contributed by atoms with E-state index in [1.807, 2.05) is 0 Å². The van der Waals surface area contributed by atoms with E-state index < -0.39 is 0 Å². The highest BCUT2D eigenvalue weighted by Crippen LogP contribution is 2.30. The lowest BCUT2D eigenvalue weighted by atomic mass is 10.1. The molecule has 8 aromatic rings. The molecule has 0 bridgehead atoms. The van der Waals surface area contributed by atoms with E-state index in [2.05, 4.69) is 246 Å². The minimum absolute atomic E-state index is 0.00181. The molecule has 1 aromatic heterocycles. The van der Waals surface area contributed by atoms with E-state index in [4.69, 9.17) is 10.1 Å². The fourth-order valence-corrected chi connectivity index (χ4v) is 8.17. The lowest BCUT2D eigenvalue weighted by molar-refractivity contribution is 0.778. The summed E-state index contributed by atoms with van der Waals surface area (Å²) in [4.78, 5) is 9.99. The standard InChI is InChI=1S/C57H51N5/c1-44-38-57(58-56-25-15-14-24-55(44)56)62-54(37-31-46-29-35-53(36-30-46)61(42-49-20-10-4-11-21-49)43-50-22-12-5-13-23-50)39-51(59-62)32-26-45-27-33-52(34-28-45)60(40-47-16-6-2-7-17-47)41-48-18-8-3-9-19-48/h2-38,54H,39-43H2,1H3. The van der Waals surface area contributed by atoms with Crippen molar-refractivity contribution < 1.29 is 0 Å². The molecule has 7 aromatic carbocycles. The van der Waals surface area contributed by atoms with Crippen molar-refractivity contribution in [2.45, 2.75) is 45.6 Å². The first-order valence-electron chi connectivity index (χ1n) is 21.5. The normalized spacial score (nSPS) is 13.9. The number of hydrogen-bond acceptors (Lipinski definition) is 5. The molecule has 0 radical (unpaired) electrons. The van der Waals surface area contributed by atoms with E-state index in [0.29, 0.717) is 0 Å². The van der Waals surface area contributed by atoms with Crippen LogP contribution >= 0.6 is 0 Å². The fourth-order valence-electron chi connectivity index (χ4n) is 8.17. The zero-order valence-corrected chi connectivity index (χ0v) is 35.2. The van der Waals surface area contributed by atoms with Crippen LogP contribution < -0.4 is 14.8 Å². The third kappa shape index (κ3) is 10.1. The second-order valence-corrected chi connectivity index (χ2v) is 16.1. The van der Waals surface area contributed by atoms with Gasteiger partial charge in [0.05, 0.1) is 17.3 Å². The molecular weight excluding hydrogens is 755 g/mol. The van der Waals surface area contributed by atoms with Crippen molar-refractivity contribution in [2.75, 3.05) is 14.8 Å². The number of rotatable bonds is 15. The Morgan fingerprint density at radius 3 is 1.42 bits per heavy atom. The summed E-state index contributed by atoms with van der Waals surface area (Å²) < 4.78 is 0. The van der Waals surface area contributed by atoms with Gasteiger partial charge in [-0.2, -0.15) is 5.10 Å². The highest BCUT2D eigenvalue weighted by Gasteiger charge is 2.26. The van der Waals surface area contributed by atoms with Gasteiger partial charge in [0.2, 0.25) is 0 Å². The maximum atomic E-state index is 5.21. The molecule has 5 nitrogen and oxygen atoms in total. The Labute approximate surface area is 366 Å². The Hall–Kier alpha value is -7.50. The van der Waals surface area contributed by atoms with Crippen molar-refractivity contribution in [1.29, 1.82) is 0 Å². The molecule has 0 aliphatic carbocycles. The maximum Gasteiger partial charge on any atom is 0.150 e. The molecule has 0 amide bonds. The van der Waals surface area contributed by atoms with Crippen molar-refractivity contribution >= 4 is 46.0 Å². The first kappa shape index (κ1) is 39.9. The van der Waals surface area contributed by atoms with E-state index in [9.17, 15) is 0 Å². The molecule has 2 heterocycles. The molecule has 62 heavy (non-hydrogen) atoms. The number of hydrazone groups is 1. The van der Waals surface area contributed by atoms with Crippen LogP contribution in [0.5, 0.6) is 0 Å². The second kappa shape index (κ2) is 19.3. The summed E-state index contributed by atoms with van der Waals surface area (Å²) in [6.07, 6.45) is 9.62. The molecule has 9 rings (SSSR count). The van der Waals surface area contributed by atoms with Crippen molar-refractivity contribution in [2.24, 2.45) is 5.10 Å². The maximum absolute atomic E-state index is 5.21. The van der Waals surface area contributed by atoms with E-state index in [1.54, 1.807) is 0 Å². The second-order valence-electron chi connectivity index (χ2n) is 16.1. The van der Waals surface area contributed by atoms with Gasteiger partial charge < -0.3 is 9.80 Å². The molecule has 1 aliphatic rings. The van der Waals surface area contributed by atoms with Crippen LogP contribution in [-0.4, -0.2) is 16.7 Å². The average Bonchev–Trinajstić information content (AvgIpc) is 3.74. The molecule has 0 fully saturated rings. The first-order chi connectivity index (χ1) is 30.6. The topological polar surface area (TPSA) is 35.0 Å². The Morgan fingerprint density at radius 2 is 0.935 bits per heavy atom. The van der Waals surface area contributed by atoms with Crippen LogP contribution in [0.1, 0.15) is 45.4 Å². The van der Waals surface area contributed by atoms with Crippen LogP contribution in [0.25, 0.3) is 23.1 Å². The number of fused-ring (bicyclic) bond motifs is 1. The van der Waals surface area contributed by atoms with Crippen LogP contribution in [-0.2, 0) is 26.2 Å². The lowest BCUT2D eigenvalue weighted by Gasteiger charge is -2.25. The van der Waals surface area contributed by atoms with Crippen LogP contribution in [0.4, 0.5) is 17.2 Å². The molecule has 1 atom stereocenters. The minimum atomic E-state index is 0.00181. The zero-order valence-electron chi connectivity index (χ0n) is 35.2. The number of aromatic nitrogens is 1. The smallest absolute Gasteiger partial charge is 0.150 e. The van der Waals surface area contributed by atoms with E-state index in [-0.39, 0.29) is 6.04 Å². The van der Waals surface area contributed by atoms with Crippen LogP contribution in [0, 0.1) is 6.92 Å². The zero-order chi connectivity index (χ0) is 41.9. The van der Waals surface area contributed by atoms with Gasteiger partial charge in [0, 0.05) is 49.4 Å². The number of para-hydroxylation sites is 1. The van der Waals surface area contributed by atoms with Gasteiger partial charge >= 0.3 is 0 Å². The summed E-state index contributed by atoms with van der Waals surface area (Å²) in [5, 5.41) is 8.46. The monoisotopic (exact) mass is 805 g/mol. The average molecular weight is 806 g/mol. The van der Waals surface area contributed by atoms with Crippen LogP contribution in [0.3, 0.4) is 0 Å². The van der Waals surface area contributed by atoms with Gasteiger partial charge in [-0.15, -0.1) is 0 Å². The fraction of sp³-hybridized carbons (Fsp3) is 0.123. The quantitative estimate of drug-likeness (QED) is 0.103. The van der Waals surface area contributed by atoms with Crippen LogP contribution in [0.2, 0.25) is 0 Å². The van der Waals surface area contributed by atoms with Crippen molar-refractivity contribution in [3.63, 3.8) is 0 Å². The van der Waals surface area contributed by atoms with E-state index >= 15 is 0 Å². The summed E-state index contributed by atoms with van der Waals surface area (Å²) in [6, 6.07) is 71.1. The molecule has 0 saturated carbocycles. The highest BCUT2D eigenvalue weighted by molar-refractivity contribution is 6.01. The summed E-state index contributed by atoms with van der Waals surface area (Å²) in [7, 11) is 0. The van der Waals surface area contributed by atoms with Gasteiger partial charge in [-0.1, -0.05) is 182 Å². The molecule has 304 valence electrons. The number of allylic oxidation sites excluding steroid dienone is 1. The van der Waals surface area contributed by atoms with Gasteiger partial charge in [-0.05, 0) is 88.3 Å². The number of pyridine rings is 1. The molecule has 1 aliphatic heterocycles. The SMILES string of the molecule is Cc1cc(N2N=C(C=Cc3ccc(N(Cc4ccccc4)Cc4ccccc4)cc3)CC2C=Cc2ccc(N(Cc3ccccc3)Cc3ccccc3)cc2)nc2ccccc12. The highest BCUT2D eigenvalue weighted by atomic mass is 15.5. The third-order valence-electron chi connectivity index (χ3n) is 11.5. The number of aryl methyl sites for hydroxylation is 1. The molecule has 0 saturated heterocycles. The molecule has 1 unspecified atom stereocenters. The van der Waals surface area contributed by atoms with Gasteiger partial charge in [0.15, 0.2) is 0 Å². The van der Waals surface area contributed by atoms with E-state index in [0.717, 1.165) is 66.2 Å². The molecule has 0 spiro atoms. The summed E-state index contributed by atoms with van der Waals surface area (Å²) >= 11 is 0. The van der Waals surface area contributed by atoms with E-state index in [1.165, 1.54) is 39.2 Å². The Morgan fingerprint density at radius 1 is 0.500 bits per heavy atom. The lowest BCUT2D eigenvalue weighted by Crippen LogP contribution is -2.25. The minimum Gasteiger partial charge on any atom is -0.363 e. The molecular formula is C57H51N5. The van der Waals surface area contributed by atoms with Gasteiger partial charge in [-0.3, -0.25) is 0 Å². The largest absolute Gasteiger partial charge is 0.363 e. The molecule has 0 N–H and O–H groups in total. The molecule has 5 heteroatoms. The van der Waals surface area contributed by atoms with Crippen molar-refractivity contribution in [3.05, 3.63) is 251 Å². The van der Waals surface area contributed by atoms with Crippen molar-refractivity contribution in [3.8, 4) is 0 Å².